The van der Waals surface area contributed by atoms with Crippen molar-refractivity contribution < 1.29 is 31.8 Å². The van der Waals surface area contributed by atoms with Gasteiger partial charge in [0.2, 0.25) is 16.0 Å². The van der Waals surface area contributed by atoms with Crippen molar-refractivity contribution in [3.63, 3.8) is 0 Å². The lowest BCUT2D eigenvalue weighted by Crippen LogP contribution is -2.44. The number of sulfonamides is 1. The Balaban J connectivity index is 2.05. The summed E-state index contributed by atoms with van der Waals surface area (Å²) < 4.78 is 56.4. The molecule has 0 spiro atoms. The Morgan fingerprint density at radius 3 is 2.51 bits per heavy atom. The van der Waals surface area contributed by atoms with Gasteiger partial charge < -0.3 is 14.2 Å². The van der Waals surface area contributed by atoms with Crippen LogP contribution in [0.1, 0.15) is 57.7 Å². The lowest BCUT2D eigenvalue weighted by Gasteiger charge is -2.39. The first-order valence-corrected chi connectivity index (χ1v) is 14.5. The van der Waals surface area contributed by atoms with Gasteiger partial charge in [-0.25, -0.2) is 27.1 Å². The Kier molecular flexibility index (Phi) is 9.63. The summed E-state index contributed by atoms with van der Waals surface area (Å²) in [6, 6.07) is 5.81. The maximum atomic E-state index is 13.7. The van der Waals surface area contributed by atoms with E-state index in [1.165, 1.54) is 25.3 Å². The molecular weight excluding hydrogens is 525 g/mol. The number of hydrogen-bond donors (Lipinski definition) is 0. The number of halogens is 1. The molecule has 1 aromatic heterocycles. The zero-order chi connectivity index (χ0) is 29.0. The van der Waals surface area contributed by atoms with Gasteiger partial charge in [-0.1, -0.05) is 38.7 Å². The number of nitrogens with zero attached hydrogens (tertiary/aromatic N) is 3. The first kappa shape index (κ1) is 30.4. The van der Waals surface area contributed by atoms with Crippen molar-refractivity contribution in [1.29, 1.82) is 0 Å². The highest BCUT2D eigenvalue weighted by molar-refractivity contribution is 7.92. The smallest absolute Gasteiger partial charge is 0.308 e. The quantitative estimate of drug-likeness (QED) is 0.299. The number of ether oxygens (including phenoxy) is 3. The minimum absolute atomic E-state index is 0.0132. The van der Waals surface area contributed by atoms with Crippen LogP contribution in [0.4, 0.5) is 10.3 Å². The van der Waals surface area contributed by atoms with Crippen LogP contribution in [0.2, 0.25) is 0 Å². The average Bonchev–Trinajstić information content (AvgIpc) is 2.84. The van der Waals surface area contributed by atoms with Crippen molar-refractivity contribution in [2.45, 2.75) is 64.4 Å². The molecule has 1 aliphatic heterocycles. The molecule has 1 aromatic carbocycles. The Hall–Kier alpha value is -3.15. The standard InChI is InChI=1S/C28H36FN3O6S/c1-8-15-36-24(33)17-22-16-21(37-28(4,5)38-22)13-14-23-25(18(2)3)30-27(32(6)39(7,34)35)31-26(23)19-9-11-20(29)12-10-19/h8-14,18,21-22H,1,15-17H2,2-7H3/b14-13+. The fourth-order valence-electron chi connectivity index (χ4n) is 4.19. The second-order valence-electron chi connectivity index (χ2n) is 10.1. The van der Waals surface area contributed by atoms with E-state index in [1.807, 2.05) is 26.0 Å². The number of benzene rings is 1. The van der Waals surface area contributed by atoms with E-state index in [-0.39, 0.29) is 30.9 Å². The summed E-state index contributed by atoms with van der Waals surface area (Å²) >= 11 is 0. The van der Waals surface area contributed by atoms with E-state index in [1.54, 1.807) is 26.0 Å². The first-order chi connectivity index (χ1) is 18.2. The lowest BCUT2D eigenvalue weighted by molar-refractivity contribution is -0.290. The fraction of sp³-hybridized carbons (Fsp3) is 0.464. The molecular formula is C28H36FN3O6S. The molecule has 0 amide bonds. The number of rotatable bonds is 10. The van der Waals surface area contributed by atoms with Gasteiger partial charge in [-0.2, -0.15) is 0 Å². The predicted octanol–water partition coefficient (Wildman–Crippen LogP) is 4.84. The van der Waals surface area contributed by atoms with E-state index in [0.717, 1.165) is 10.6 Å². The molecule has 1 aliphatic rings. The summed E-state index contributed by atoms with van der Waals surface area (Å²) in [5.41, 5.74) is 2.31. The number of carbonyl (C=O) groups is 1. The maximum Gasteiger partial charge on any atom is 0.308 e. The maximum absolute atomic E-state index is 13.7. The van der Waals surface area contributed by atoms with Crippen molar-refractivity contribution >= 4 is 28.0 Å². The van der Waals surface area contributed by atoms with E-state index in [4.69, 9.17) is 14.2 Å². The first-order valence-electron chi connectivity index (χ1n) is 12.6. The van der Waals surface area contributed by atoms with Crippen molar-refractivity contribution in [3.8, 4) is 11.3 Å². The second kappa shape index (κ2) is 12.4. The molecule has 9 nitrogen and oxygen atoms in total. The van der Waals surface area contributed by atoms with E-state index in [0.29, 0.717) is 28.9 Å². The third-order valence-electron chi connectivity index (χ3n) is 6.02. The molecule has 3 rings (SSSR count). The summed E-state index contributed by atoms with van der Waals surface area (Å²) in [6.45, 7) is 11.1. The Bertz CT molecular complexity index is 1330. The normalized spacial score (nSPS) is 19.3. The Labute approximate surface area is 229 Å². The van der Waals surface area contributed by atoms with Crippen LogP contribution in [-0.4, -0.2) is 62.3 Å². The van der Waals surface area contributed by atoms with Gasteiger partial charge in [-0.05, 0) is 44.0 Å². The van der Waals surface area contributed by atoms with Gasteiger partial charge >= 0.3 is 5.97 Å². The van der Waals surface area contributed by atoms with E-state index in [9.17, 15) is 17.6 Å². The molecule has 2 atom stereocenters. The lowest BCUT2D eigenvalue weighted by atomic mass is 9.97. The minimum Gasteiger partial charge on any atom is -0.461 e. The molecule has 2 unspecified atom stereocenters. The van der Waals surface area contributed by atoms with Crippen LogP contribution in [0.3, 0.4) is 0 Å². The van der Waals surface area contributed by atoms with Gasteiger partial charge in [-0.15, -0.1) is 0 Å². The highest BCUT2D eigenvalue weighted by Gasteiger charge is 2.36. The molecule has 1 fully saturated rings. The molecule has 1 saturated heterocycles. The second-order valence-corrected chi connectivity index (χ2v) is 12.1. The van der Waals surface area contributed by atoms with E-state index in [2.05, 4.69) is 16.5 Å². The van der Waals surface area contributed by atoms with E-state index >= 15 is 0 Å². The SMILES string of the molecule is C=CCOC(=O)CC1CC(/C=C/c2c(-c3ccc(F)cc3)nc(N(C)S(C)(=O)=O)nc2C(C)C)OC(C)(C)O1. The number of hydrogen-bond acceptors (Lipinski definition) is 8. The molecule has 0 bridgehead atoms. The van der Waals surface area contributed by atoms with Crippen molar-refractivity contribution in [3.05, 3.63) is 60.1 Å². The molecule has 39 heavy (non-hydrogen) atoms. The van der Waals surface area contributed by atoms with Gasteiger partial charge in [0.25, 0.3) is 0 Å². The third-order valence-corrected chi connectivity index (χ3v) is 7.18. The van der Waals surface area contributed by atoms with Gasteiger partial charge in [0.1, 0.15) is 12.4 Å². The monoisotopic (exact) mass is 561 g/mol. The molecule has 2 aromatic rings. The van der Waals surface area contributed by atoms with Gasteiger partial charge in [0, 0.05) is 24.6 Å². The van der Waals surface area contributed by atoms with Crippen LogP contribution in [0.15, 0.2) is 43.0 Å². The molecule has 2 heterocycles. The van der Waals surface area contributed by atoms with Crippen LogP contribution in [-0.2, 0) is 29.0 Å². The third kappa shape index (κ3) is 8.17. The molecule has 0 saturated carbocycles. The topological polar surface area (TPSA) is 108 Å². The summed E-state index contributed by atoms with van der Waals surface area (Å²) in [6.07, 6.45) is 5.89. The summed E-state index contributed by atoms with van der Waals surface area (Å²) in [5.74, 6) is -1.83. The summed E-state index contributed by atoms with van der Waals surface area (Å²) in [5, 5.41) is 0. The van der Waals surface area contributed by atoms with Crippen molar-refractivity contribution in [1.82, 2.24) is 9.97 Å². The van der Waals surface area contributed by atoms with Crippen LogP contribution in [0.5, 0.6) is 0 Å². The largest absolute Gasteiger partial charge is 0.461 e. The highest BCUT2D eigenvalue weighted by Crippen LogP contribution is 2.34. The van der Waals surface area contributed by atoms with Crippen molar-refractivity contribution in [2.75, 3.05) is 24.2 Å². The highest BCUT2D eigenvalue weighted by atomic mass is 32.2. The molecule has 0 radical (unpaired) electrons. The Morgan fingerprint density at radius 1 is 1.26 bits per heavy atom. The fourth-order valence-corrected chi connectivity index (χ4v) is 4.57. The van der Waals surface area contributed by atoms with Gasteiger partial charge in [-0.3, -0.25) is 4.79 Å². The number of esters is 1. The number of aromatic nitrogens is 2. The molecule has 0 N–H and O–H groups in total. The number of carbonyl (C=O) groups excluding carboxylic acids is 1. The summed E-state index contributed by atoms with van der Waals surface area (Å²) in [4.78, 5) is 21.3. The Morgan fingerprint density at radius 2 is 1.92 bits per heavy atom. The minimum atomic E-state index is -3.63. The zero-order valence-electron chi connectivity index (χ0n) is 23.2. The number of anilines is 1. The van der Waals surface area contributed by atoms with Crippen LogP contribution in [0, 0.1) is 5.82 Å². The van der Waals surface area contributed by atoms with Crippen molar-refractivity contribution in [2.24, 2.45) is 0 Å². The average molecular weight is 562 g/mol. The van der Waals surface area contributed by atoms with Crippen LogP contribution >= 0.6 is 0 Å². The zero-order valence-corrected chi connectivity index (χ0v) is 24.0. The van der Waals surface area contributed by atoms with Gasteiger partial charge in [0.05, 0.1) is 36.3 Å². The molecule has 0 aliphatic carbocycles. The van der Waals surface area contributed by atoms with Crippen LogP contribution in [0.25, 0.3) is 17.3 Å². The molecule has 212 valence electrons. The van der Waals surface area contributed by atoms with Crippen LogP contribution < -0.4 is 4.31 Å². The van der Waals surface area contributed by atoms with E-state index < -0.39 is 33.8 Å². The van der Waals surface area contributed by atoms with Gasteiger partial charge in [0.15, 0.2) is 5.79 Å². The predicted molar refractivity (Wildman–Crippen MR) is 148 cm³/mol. The summed E-state index contributed by atoms with van der Waals surface area (Å²) in [7, 11) is -2.24. The molecule has 11 heteroatoms.